The number of amides is 1. The average molecular weight is 314 g/mol. The van der Waals surface area contributed by atoms with E-state index < -0.39 is 0 Å². The first-order chi connectivity index (χ1) is 11.2. The van der Waals surface area contributed by atoms with Crippen LogP contribution in [-0.4, -0.2) is 48.0 Å². The number of carbonyl (C=O) groups excluding carboxylic acids is 1. The van der Waals surface area contributed by atoms with E-state index in [4.69, 9.17) is 5.73 Å². The second-order valence-electron chi connectivity index (χ2n) is 7.30. The summed E-state index contributed by atoms with van der Waals surface area (Å²) in [5.74, 6) is 2.11. The lowest BCUT2D eigenvalue weighted by atomic mass is 9.98. The Balaban J connectivity index is 1.55. The van der Waals surface area contributed by atoms with E-state index in [9.17, 15) is 4.79 Å². The van der Waals surface area contributed by atoms with Gasteiger partial charge in [0.15, 0.2) is 0 Å². The fourth-order valence-electron chi connectivity index (χ4n) is 4.57. The summed E-state index contributed by atoms with van der Waals surface area (Å²) in [6.07, 6.45) is 7.74. The minimum atomic E-state index is 0.139. The zero-order valence-corrected chi connectivity index (χ0v) is 13.7. The third-order valence-electron chi connectivity index (χ3n) is 5.87. The van der Waals surface area contributed by atoms with Crippen molar-refractivity contribution in [3.8, 4) is 0 Å². The zero-order chi connectivity index (χ0) is 15.8. The van der Waals surface area contributed by atoms with Crippen LogP contribution in [0, 0.1) is 11.8 Å². The lowest BCUT2D eigenvalue weighted by Crippen LogP contribution is -2.36. The van der Waals surface area contributed by atoms with E-state index in [1.54, 1.807) is 6.20 Å². The molecule has 23 heavy (non-hydrogen) atoms. The van der Waals surface area contributed by atoms with Gasteiger partial charge in [-0.1, -0.05) is 0 Å². The van der Waals surface area contributed by atoms with Crippen LogP contribution in [0.4, 0.5) is 5.82 Å². The quantitative estimate of drug-likeness (QED) is 0.905. The molecule has 1 saturated carbocycles. The number of aromatic nitrogens is 1. The van der Waals surface area contributed by atoms with E-state index >= 15 is 0 Å². The fourth-order valence-corrected chi connectivity index (χ4v) is 4.57. The normalized spacial score (nSPS) is 30.6. The third kappa shape index (κ3) is 2.71. The molecule has 0 aromatic carbocycles. The molecule has 3 aliphatic rings. The maximum absolute atomic E-state index is 13.1. The first-order valence-corrected chi connectivity index (χ1v) is 8.99. The van der Waals surface area contributed by atoms with E-state index in [2.05, 4.69) is 9.88 Å². The summed E-state index contributed by atoms with van der Waals surface area (Å²) in [7, 11) is 0. The van der Waals surface area contributed by atoms with E-state index in [-0.39, 0.29) is 11.9 Å². The van der Waals surface area contributed by atoms with Crippen molar-refractivity contribution >= 4 is 11.7 Å². The number of carbonyl (C=O) groups is 1. The SMILES string of the molecule is NC1CCC2CN(C(=O)c3cccnc3N3CCCCC3)CC12. The summed E-state index contributed by atoms with van der Waals surface area (Å²) >= 11 is 0. The Morgan fingerprint density at radius 1 is 1.17 bits per heavy atom. The monoisotopic (exact) mass is 314 g/mol. The number of pyridine rings is 1. The fraction of sp³-hybridized carbons (Fsp3) is 0.667. The molecule has 124 valence electrons. The van der Waals surface area contributed by atoms with Gasteiger partial charge in [-0.2, -0.15) is 0 Å². The molecule has 0 bridgehead atoms. The van der Waals surface area contributed by atoms with Crippen molar-refractivity contribution in [2.75, 3.05) is 31.1 Å². The largest absolute Gasteiger partial charge is 0.356 e. The first-order valence-electron chi connectivity index (χ1n) is 8.99. The van der Waals surface area contributed by atoms with Gasteiger partial charge in [0, 0.05) is 38.4 Å². The number of piperidine rings is 1. The topological polar surface area (TPSA) is 62.5 Å². The molecule has 2 saturated heterocycles. The molecule has 1 amide bonds. The molecule has 1 aromatic rings. The van der Waals surface area contributed by atoms with Crippen molar-refractivity contribution < 1.29 is 4.79 Å². The summed E-state index contributed by atoms with van der Waals surface area (Å²) in [6, 6.07) is 4.09. The molecular weight excluding hydrogens is 288 g/mol. The van der Waals surface area contributed by atoms with Crippen LogP contribution in [0.5, 0.6) is 0 Å². The van der Waals surface area contributed by atoms with Gasteiger partial charge in [-0.05, 0) is 56.1 Å². The molecule has 4 rings (SSSR count). The molecule has 3 unspecified atom stereocenters. The van der Waals surface area contributed by atoms with Crippen LogP contribution >= 0.6 is 0 Å². The van der Waals surface area contributed by atoms with Crippen LogP contribution in [0.1, 0.15) is 42.5 Å². The van der Waals surface area contributed by atoms with Gasteiger partial charge in [0.25, 0.3) is 5.91 Å². The predicted molar refractivity (Wildman–Crippen MR) is 90.4 cm³/mol. The van der Waals surface area contributed by atoms with Gasteiger partial charge >= 0.3 is 0 Å². The molecule has 3 fully saturated rings. The number of likely N-dealkylation sites (tertiary alicyclic amines) is 1. The Labute approximate surface area is 137 Å². The van der Waals surface area contributed by atoms with Crippen LogP contribution in [-0.2, 0) is 0 Å². The van der Waals surface area contributed by atoms with Gasteiger partial charge in [0.2, 0.25) is 0 Å². The molecule has 1 aromatic heterocycles. The Bertz CT molecular complexity index is 584. The van der Waals surface area contributed by atoms with Crippen LogP contribution < -0.4 is 10.6 Å². The molecule has 5 heteroatoms. The summed E-state index contributed by atoms with van der Waals surface area (Å²) in [5, 5.41) is 0. The summed E-state index contributed by atoms with van der Waals surface area (Å²) < 4.78 is 0. The summed E-state index contributed by atoms with van der Waals surface area (Å²) in [6.45, 7) is 3.70. The third-order valence-corrected chi connectivity index (χ3v) is 5.87. The maximum Gasteiger partial charge on any atom is 0.257 e. The molecule has 3 heterocycles. The van der Waals surface area contributed by atoms with Crippen LogP contribution in [0.15, 0.2) is 18.3 Å². The van der Waals surface area contributed by atoms with E-state index in [0.29, 0.717) is 11.8 Å². The van der Waals surface area contributed by atoms with Crippen LogP contribution in [0.25, 0.3) is 0 Å². The summed E-state index contributed by atoms with van der Waals surface area (Å²) in [5.41, 5.74) is 6.98. The number of nitrogens with two attached hydrogens (primary N) is 1. The van der Waals surface area contributed by atoms with Gasteiger partial charge in [-0.25, -0.2) is 4.98 Å². The second-order valence-corrected chi connectivity index (χ2v) is 7.30. The standard InChI is InChI=1S/C18H26N4O/c19-16-7-6-13-11-22(12-15(13)16)18(23)14-5-4-8-20-17(14)21-9-2-1-3-10-21/h4-5,8,13,15-16H,1-3,6-7,9-12,19H2. The van der Waals surface area contributed by atoms with E-state index in [0.717, 1.165) is 44.0 Å². The van der Waals surface area contributed by atoms with E-state index in [1.807, 2.05) is 17.0 Å². The number of fused-ring (bicyclic) bond motifs is 1. The lowest BCUT2D eigenvalue weighted by molar-refractivity contribution is 0.0779. The van der Waals surface area contributed by atoms with Crippen molar-refractivity contribution in [1.82, 2.24) is 9.88 Å². The van der Waals surface area contributed by atoms with Crippen molar-refractivity contribution in [2.24, 2.45) is 17.6 Å². The van der Waals surface area contributed by atoms with Gasteiger partial charge < -0.3 is 15.5 Å². The highest BCUT2D eigenvalue weighted by Gasteiger charge is 2.43. The summed E-state index contributed by atoms with van der Waals surface area (Å²) in [4.78, 5) is 21.9. The Morgan fingerprint density at radius 2 is 2.00 bits per heavy atom. The predicted octanol–water partition coefficient (Wildman–Crippen LogP) is 1.88. The van der Waals surface area contributed by atoms with Gasteiger partial charge in [-0.15, -0.1) is 0 Å². The number of hydrogen-bond acceptors (Lipinski definition) is 4. The number of hydrogen-bond donors (Lipinski definition) is 1. The number of rotatable bonds is 2. The lowest BCUT2D eigenvalue weighted by Gasteiger charge is -2.30. The molecule has 3 atom stereocenters. The highest BCUT2D eigenvalue weighted by Crippen LogP contribution is 2.38. The maximum atomic E-state index is 13.1. The van der Waals surface area contributed by atoms with Crippen molar-refractivity contribution in [1.29, 1.82) is 0 Å². The average Bonchev–Trinajstić information content (AvgIpc) is 3.17. The van der Waals surface area contributed by atoms with Crippen molar-refractivity contribution in [3.05, 3.63) is 23.9 Å². The smallest absolute Gasteiger partial charge is 0.257 e. The van der Waals surface area contributed by atoms with Gasteiger partial charge in [0.05, 0.1) is 5.56 Å². The number of anilines is 1. The van der Waals surface area contributed by atoms with Crippen molar-refractivity contribution in [3.63, 3.8) is 0 Å². The molecule has 2 N–H and O–H groups in total. The minimum absolute atomic E-state index is 0.139. The zero-order valence-electron chi connectivity index (χ0n) is 13.7. The Morgan fingerprint density at radius 3 is 2.78 bits per heavy atom. The van der Waals surface area contributed by atoms with Crippen LogP contribution in [0.2, 0.25) is 0 Å². The van der Waals surface area contributed by atoms with Crippen molar-refractivity contribution in [2.45, 2.75) is 38.1 Å². The molecular formula is C18H26N4O. The molecule has 0 spiro atoms. The molecule has 0 radical (unpaired) electrons. The van der Waals surface area contributed by atoms with Crippen LogP contribution in [0.3, 0.4) is 0 Å². The van der Waals surface area contributed by atoms with Gasteiger partial charge in [-0.3, -0.25) is 4.79 Å². The van der Waals surface area contributed by atoms with E-state index in [1.165, 1.54) is 25.7 Å². The molecule has 1 aliphatic carbocycles. The second kappa shape index (κ2) is 6.11. The highest BCUT2D eigenvalue weighted by molar-refractivity contribution is 5.99. The Kier molecular flexibility index (Phi) is 3.97. The minimum Gasteiger partial charge on any atom is -0.356 e. The molecule has 2 aliphatic heterocycles. The highest BCUT2D eigenvalue weighted by atomic mass is 16.2. The number of nitrogens with zero attached hydrogens (tertiary/aromatic N) is 3. The first kappa shape index (κ1) is 14.9. The molecule has 5 nitrogen and oxygen atoms in total. The Hall–Kier alpha value is -1.62. The van der Waals surface area contributed by atoms with Gasteiger partial charge in [0.1, 0.15) is 5.82 Å².